The molecule has 1 N–H and O–H groups in total. The second-order valence-corrected chi connectivity index (χ2v) is 6.16. The van der Waals surface area contributed by atoms with Crippen LogP contribution in [0.3, 0.4) is 0 Å². The van der Waals surface area contributed by atoms with Crippen LogP contribution in [0.1, 0.15) is 12.8 Å². The molecule has 126 valence electrons. The maximum Gasteiger partial charge on any atom is 0.290 e. The maximum atomic E-state index is 6.12. The van der Waals surface area contributed by atoms with Crippen molar-refractivity contribution >= 4 is 11.8 Å². The van der Waals surface area contributed by atoms with Crippen molar-refractivity contribution in [3.63, 3.8) is 0 Å². The molecule has 5 rings (SSSR count). The van der Waals surface area contributed by atoms with Gasteiger partial charge in [-0.15, -0.1) is 0 Å². The van der Waals surface area contributed by atoms with Gasteiger partial charge in [-0.05, 0) is 37.9 Å². The number of aromatic nitrogens is 4. The molecule has 0 saturated carbocycles. The number of rotatable bonds is 3. The number of ether oxygens (including phenoxy) is 1. The number of nitrogens with one attached hydrogen (secondary N) is 1. The summed E-state index contributed by atoms with van der Waals surface area (Å²) in [6.07, 6.45) is 7.67. The zero-order valence-corrected chi connectivity index (χ0v) is 13.7. The second kappa shape index (κ2) is 6.56. The summed E-state index contributed by atoms with van der Waals surface area (Å²) < 4.78 is 7.81. The lowest BCUT2D eigenvalue weighted by Crippen LogP contribution is -2.52. The van der Waals surface area contributed by atoms with E-state index in [1.54, 1.807) is 17.9 Å². The van der Waals surface area contributed by atoms with Gasteiger partial charge in [0.2, 0.25) is 0 Å². The largest absolute Gasteiger partial charge is 0.460 e. The Labute approximate surface area is 140 Å². The van der Waals surface area contributed by atoms with E-state index in [0.29, 0.717) is 23.6 Å². The van der Waals surface area contributed by atoms with E-state index in [-0.39, 0.29) is 6.10 Å². The number of anilines is 1. The average molecular weight is 327 g/mol. The summed E-state index contributed by atoms with van der Waals surface area (Å²) in [6, 6.07) is 4.17. The summed E-state index contributed by atoms with van der Waals surface area (Å²) in [5.74, 6) is 1.95. The highest BCUT2D eigenvalue weighted by Gasteiger charge is 2.36. The third-order valence-electron chi connectivity index (χ3n) is 4.69. The Hall–Kier alpha value is -2.48. The normalized spacial score (nSPS) is 26.4. The number of piperidine rings is 3. The molecular weight excluding hydrogens is 306 g/mol. The fourth-order valence-corrected chi connectivity index (χ4v) is 3.38. The summed E-state index contributed by atoms with van der Waals surface area (Å²) in [4.78, 5) is 15.2. The predicted octanol–water partition coefficient (Wildman–Crippen LogP) is 1.17. The van der Waals surface area contributed by atoms with Crippen LogP contribution in [-0.2, 0) is 4.74 Å². The highest BCUT2D eigenvalue weighted by molar-refractivity contribution is 5.88. The fraction of sp³-hybridized carbons (Fsp3) is 0.500. The summed E-state index contributed by atoms with van der Waals surface area (Å²) in [5, 5.41) is 7.33. The third-order valence-corrected chi connectivity index (χ3v) is 4.69. The molecule has 1 atom stereocenters. The molecule has 2 aromatic heterocycles. The predicted molar refractivity (Wildman–Crippen MR) is 90.2 cm³/mol. The SMILES string of the molecule is CN=C(Nc1cc(-n2cccn2)ncn1)O[C@H]1CN2CCC1CC2. The van der Waals surface area contributed by atoms with E-state index >= 15 is 0 Å². The monoisotopic (exact) mass is 327 g/mol. The summed E-state index contributed by atoms with van der Waals surface area (Å²) in [6.45, 7) is 3.36. The smallest absolute Gasteiger partial charge is 0.290 e. The first-order valence-corrected chi connectivity index (χ1v) is 8.27. The van der Waals surface area contributed by atoms with Gasteiger partial charge in [-0.1, -0.05) is 0 Å². The van der Waals surface area contributed by atoms with E-state index in [1.807, 2.05) is 18.3 Å². The van der Waals surface area contributed by atoms with E-state index < -0.39 is 0 Å². The van der Waals surface area contributed by atoms with Gasteiger partial charge in [-0.3, -0.25) is 10.2 Å². The maximum absolute atomic E-state index is 6.12. The van der Waals surface area contributed by atoms with Gasteiger partial charge in [0.25, 0.3) is 6.02 Å². The minimum atomic E-state index is 0.200. The molecule has 0 aromatic carbocycles. The zero-order valence-electron chi connectivity index (χ0n) is 13.7. The Morgan fingerprint density at radius 1 is 1.33 bits per heavy atom. The van der Waals surface area contributed by atoms with E-state index in [1.165, 1.54) is 32.3 Å². The number of hydrogen-bond acceptors (Lipinski definition) is 6. The van der Waals surface area contributed by atoms with Crippen LogP contribution in [0.4, 0.5) is 5.82 Å². The minimum Gasteiger partial charge on any atom is -0.460 e. The summed E-state index contributed by atoms with van der Waals surface area (Å²) in [7, 11) is 1.72. The second-order valence-electron chi connectivity index (χ2n) is 6.16. The van der Waals surface area contributed by atoms with Crippen molar-refractivity contribution in [3.05, 3.63) is 30.9 Å². The molecule has 3 aliphatic rings. The molecule has 0 aliphatic carbocycles. The summed E-state index contributed by atoms with van der Waals surface area (Å²) >= 11 is 0. The summed E-state index contributed by atoms with van der Waals surface area (Å²) in [5.41, 5.74) is 0. The zero-order chi connectivity index (χ0) is 16.4. The lowest BCUT2D eigenvalue weighted by Gasteiger charge is -2.44. The Morgan fingerprint density at radius 2 is 2.21 bits per heavy atom. The van der Waals surface area contributed by atoms with Crippen LogP contribution in [0.5, 0.6) is 0 Å². The first kappa shape index (κ1) is 15.1. The molecule has 2 bridgehead atoms. The lowest BCUT2D eigenvalue weighted by atomic mass is 9.86. The van der Waals surface area contributed by atoms with Crippen molar-refractivity contribution in [1.29, 1.82) is 0 Å². The average Bonchev–Trinajstić information content (AvgIpc) is 3.17. The van der Waals surface area contributed by atoms with Crippen LogP contribution < -0.4 is 5.32 Å². The number of hydrogen-bond donors (Lipinski definition) is 1. The molecule has 3 aliphatic heterocycles. The van der Waals surface area contributed by atoms with E-state index in [4.69, 9.17) is 4.74 Å². The fourth-order valence-electron chi connectivity index (χ4n) is 3.38. The highest BCUT2D eigenvalue weighted by Crippen LogP contribution is 2.29. The van der Waals surface area contributed by atoms with Crippen LogP contribution in [0.25, 0.3) is 5.82 Å². The molecule has 3 fully saturated rings. The van der Waals surface area contributed by atoms with Crippen LogP contribution in [0.2, 0.25) is 0 Å². The first-order valence-electron chi connectivity index (χ1n) is 8.27. The number of fused-ring (bicyclic) bond motifs is 3. The van der Waals surface area contributed by atoms with E-state index in [9.17, 15) is 0 Å². The number of nitrogens with zero attached hydrogens (tertiary/aromatic N) is 6. The van der Waals surface area contributed by atoms with Gasteiger partial charge >= 0.3 is 0 Å². The molecule has 3 saturated heterocycles. The quantitative estimate of drug-likeness (QED) is 0.673. The van der Waals surface area contributed by atoms with Gasteiger partial charge in [0.1, 0.15) is 18.2 Å². The van der Waals surface area contributed by atoms with Crippen molar-refractivity contribution in [3.8, 4) is 5.82 Å². The van der Waals surface area contributed by atoms with Crippen molar-refractivity contribution in [2.75, 3.05) is 32.0 Å². The molecule has 24 heavy (non-hydrogen) atoms. The van der Waals surface area contributed by atoms with E-state index in [2.05, 4.69) is 30.3 Å². The number of aliphatic imine (C=N–C) groups is 1. The Bertz CT molecular complexity index is 707. The molecule has 0 spiro atoms. The lowest BCUT2D eigenvalue weighted by molar-refractivity contribution is -0.0146. The Kier molecular flexibility index (Phi) is 4.12. The molecule has 2 aromatic rings. The van der Waals surface area contributed by atoms with Crippen molar-refractivity contribution < 1.29 is 4.74 Å². The third kappa shape index (κ3) is 3.09. The van der Waals surface area contributed by atoms with E-state index in [0.717, 1.165) is 6.54 Å². The van der Waals surface area contributed by atoms with Gasteiger partial charge in [0.05, 0.1) is 0 Å². The van der Waals surface area contributed by atoms with Gasteiger partial charge in [-0.25, -0.2) is 19.6 Å². The molecule has 5 heterocycles. The Balaban J connectivity index is 1.44. The van der Waals surface area contributed by atoms with Gasteiger partial charge < -0.3 is 4.74 Å². The topological polar surface area (TPSA) is 80.5 Å². The van der Waals surface area contributed by atoms with Crippen LogP contribution in [-0.4, -0.2) is 63.5 Å². The van der Waals surface area contributed by atoms with Gasteiger partial charge in [0, 0.05) is 32.1 Å². The number of amidine groups is 1. The molecule has 8 heteroatoms. The molecule has 0 radical (unpaired) electrons. The molecule has 8 nitrogen and oxygen atoms in total. The molecule has 0 unspecified atom stereocenters. The highest BCUT2D eigenvalue weighted by atomic mass is 16.5. The minimum absolute atomic E-state index is 0.200. The first-order chi connectivity index (χ1) is 11.8. The van der Waals surface area contributed by atoms with Crippen molar-refractivity contribution in [2.45, 2.75) is 18.9 Å². The Morgan fingerprint density at radius 3 is 2.88 bits per heavy atom. The van der Waals surface area contributed by atoms with Crippen LogP contribution in [0.15, 0.2) is 35.8 Å². The van der Waals surface area contributed by atoms with Crippen molar-refractivity contribution in [2.24, 2.45) is 10.9 Å². The standard InChI is InChI=1S/C16H21N7O/c1-17-16(24-13-10-22-7-3-12(13)4-8-22)21-14-9-15(19-11-18-14)23-6-2-5-20-23/h2,5-6,9,11-13H,3-4,7-8,10H2,1H3,(H,17,18,19,21)/t13-/m0/s1. The van der Waals surface area contributed by atoms with Crippen LogP contribution >= 0.6 is 0 Å². The molecule has 0 amide bonds. The van der Waals surface area contributed by atoms with Crippen molar-refractivity contribution in [1.82, 2.24) is 24.6 Å². The van der Waals surface area contributed by atoms with Crippen LogP contribution in [0, 0.1) is 5.92 Å². The van der Waals surface area contributed by atoms with Gasteiger partial charge in [0.15, 0.2) is 5.82 Å². The molecular formula is C16H21N7O. The van der Waals surface area contributed by atoms with Gasteiger partial charge in [-0.2, -0.15) is 5.10 Å².